The number of amides is 1. The van der Waals surface area contributed by atoms with E-state index in [9.17, 15) is 9.90 Å². The monoisotopic (exact) mass is 355 g/mol. The number of nitrogens with zero attached hydrogens (tertiary/aromatic N) is 1. The molecule has 26 heavy (non-hydrogen) atoms. The number of benzene rings is 1. The Morgan fingerprint density at radius 1 is 1.27 bits per heavy atom. The number of allylic oxidation sites excluding steroid dienone is 2. The predicted molar refractivity (Wildman–Crippen MR) is 108 cm³/mol. The highest BCUT2D eigenvalue weighted by Gasteiger charge is 2.16. The molecule has 3 heteroatoms. The van der Waals surface area contributed by atoms with Gasteiger partial charge in [-0.2, -0.15) is 0 Å². The number of carbonyl (C=O) groups excluding carboxylic acids is 1. The standard InChI is InChI=1S/C23H33NO2/c1-24(2)23(26)18-21-13-8-12-20(17-21)15-16-22(25)14-7-6-11-19-9-4-3-5-10-19/h3-5,9-10,15-16,18,20,22,25H,6-8,11-14,17H2,1-2H3/b16-15+,21-18-/t20-,22+/m1/s1. The quantitative estimate of drug-likeness (QED) is 0.423. The van der Waals surface area contributed by atoms with E-state index in [-0.39, 0.29) is 12.0 Å². The molecule has 0 heterocycles. The molecular weight excluding hydrogens is 322 g/mol. The summed E-state index contributed by atoms with van der Waals surface area (Å²) in [6.45, 7) is 0. The second-order valence-electron chi connectivity index (χ2n) is 7.58. The van der Waals surface area contributed by atoms with Gasteiger partial charge in [0.05, 0.1) is 6.10 Å². The average molecular weight is 356 g/mol. The van der Waals surface area contributed by atoms with Gasteiger partial charge in [-0.05, 0) is 56.4 Å². The maximum absolute atomic E-state index is 11.8. The van der Waals surface area contributed by atoms with E-state index in [0.29, 0.717) is 5.92 Å². The molecule has 2 atom stereocenters. The highest BCUT2D eigenvalue weighted by atomic mass is 16.3. The summed E-state index contributed by atoms with van der Waals surface area (Å²) in [7, 11) is 3.57. The molecule has 142 valence electrons. The van der Waals surface area contributed by atoms with Crippen molar-refractivity contribution in [1.29, 1.82) is 0 Å². The molecule has 0 aliphatic heterocycles. The van der Waals surface area contributed by atoms with E-state index in [2.05, 4.69) is 30.3 Å². The van der Waals surface area contributed by atoms with Crippen molar-refractivity contribution in [2.75, 3.05) is 14.1 Å². The van der Waals surface area contributed by atoms with Gasteiger partial charge < -0.3 is 10.0 Å². The number of hydrogen-bond donors (Lipinski definition) is 1. The number of aryl methyl sites for hydroxylation is 1. The molecule has 1 aliphatic rings. The summed E-state index contributed by atoms with van der Waals surface area (Å²) in [6.07, 6.45) is 13.8. The van der Waals surface area contributed by atoms with Gasteiger partial charge >= 0.3 is 0 Å². The van der Waals surface area contributed by atoms with Crippen molar-refractivity contribution in [3.8, 4) is 0 Å². The number of likely N-dealkylation sites (N-methyl/N-ethyl adjacent to an activating group) is 1. The first-order valence-corrected chi connectivity index (χ1v) is 9.85. The minimum absolute atomic E-state index is 0.0723. The lowest BCUT2D eigenvalue weighted by Crippen LogP contribution is -2.20. The largest absolute Gasteiger partial charge is 0.389 e. The molecule has 2 rings (SSSR count). The molecule has 1 N–H and O–H groups in total. The SMILES string of the molecule is CN(C)C(=O)/C=C1/CCC[C@H](/C=C/[C@@H](O)CCCCc2ccccc2)C1. The third-order valence-corrected chi connectivity index (χ3v) is 5.03. The fourth-order valence-corrected chi connectivity index (χ4v) is 3.44. The van der Waals surface area contributed by atoms with E-state index in [1.807, 2.05) is 12.1 Å². The van der Waals surface area contributed by atoms with E-state index in [4.69, 9.17) is 0 Å². The van der Waals surface area contributed by atoms with Gasteiger partial charge in [-0.1, -0.05) is 54.5 Å². The Labute approximate surface area is 158 Å². The lowest BCUT2D eigenvalue weighted by atomic mass is 9.84. The predicted octanol–water partition coefficient (Wildman–Crippen LogP) is 4.52. The van der Waals surface area contributed by atoms with Crippen LogP contribution in [0.5, 0.6) is 0 Å². The molecule has 1 fully saturated rings. The van der Waals surface area contributed by atoms with E-state index in [0.717, 1.165) is 51.4 Å². The summed E-state index contributed by atoms with van der Waals surface area (Å²) in [5, 5.41) is 10.2. The average Bonchev–Trinajstić information content (AvgIpc) is 2.64. The zero-order valence-corrected chi connectivity index (χ0v) is 16.2. The molecule has 1 saturated carbocycles. The van der Waals surface area contributed by atoms with E-state index >= 15 is 0 Å². The Hall–Kier alpha value is -1.87. The summed E-state index contributed by atoms with van der Waals surface area (Å²) in [5.41, 5.74) is 2.60. The number of unbranched alkanes of at least 4 members (excludes halogenated alkanes) is 1. The Morgan fingerprint density at radius 2 is 2.04 bits per heavy atom. The first-order valence-electron chi connectivity index (χ1n) is 9.85. The van der Waals surface area contributed by atoms with Crippen LogP contribution >= 0.6 is 0 Å². The summed E-state index contributed by atoms with van der Waals surface area (Å²) in [5.74, 6) is 0.520. The number of aliphatic hydroxyl groups is 1. The van der Waals surface area contributed by atoms with Crippen LogP contribution in [-0.2, 0) is 11.2 Å². The maximum Gasteiger partial charge on any atom is 0.245 e. The van der Waals surface area contributed by atoms with Gasteiger partial charge in [0.1, 0.15) is 0 Å². The van der Waals surface area contributed by atoms with Crippen LogP contribution in [0.2, 0.25) is 0 Å². The summed E-state index contributed by atoms with van der Waals surface area (Å²) in [4.78, 5) is 13.4. The van der Waals surface area contributed by atoms with Crippen molar-refractivity contribution in [3.05, 3.63) is 59.7 Å². The van der Waals surface area contributed by atoms with E-state index < -0.39 is 0 Å². The van der Waals surface area contributed by atoms with Crippen LogP contribution in [0.25, 0.3) is 0 Å². The molecule has 1 aliphatic carbocycles. The minimum Gasteiger partial charge on any atom is -0.389 e. The molecule has 3 nitrogen and oxygen atoms in total. The van der Waals surface area contributed by atoms with Crippen LogP contribution in [0.15, 0.2) is 54.1 Å². The van der Waals surface area contributed by atoms with Gasteiger partial charge in [0.25, 0.3) is 0 Å². The van der Waals surface area contributed by atoms with Gasteiger partial charge in [-0.3, -0.25) is 4.79 Å². The summed E-state index contributed by atoms with van der Waals surface area (Å²) >= 11 is 0. The first kappa shape index (κ1) is 20.4. The van der Waals surface area contributed by atoms with Gasteiger partial charge in [-0.15, -0.1) is 0 Å². The Balaban J connectivity index is 1.69. The Bertz CT molecular complexity index is 604. The fraction of sp³-hybridized carbons (Fsp3) is 0.522. The molecule has 1 aromatic rings. The highest BCUT2D eigenvalue weighted by molar-refractivity contribution is 5.87. The Kier molecular flexibility index (Phi) is 8.63. The smallest absolute Gasteiger partial charge is 0.245 e. The van der Waals surface area contributed by atoms with Crippen LogP contribution in [0.3, 0.4) is 0 Å². The number of carbonyl (C=O) groups is 1. The van der Waals surface area contributed by atoms with Crippen molar-refractivity contribution in [2.45, 2.75) is 57.5 Å². The lowest BCUT2D eigenvalue weighted by molar-refractivity contribution is -0.123. The van der Waals surface area contributed by atoms with E-state index in [1.165, 1.54) is 11.1 Å². The lowest BCUT2D eigenvalue weighted by Gasteiger charge is -2.22. The molecular formula is C23H33NO2. The minimum atomic E-state index is -0.358. The summed E-state index contributed by atoms with van der Waals surface area (Å²) < 4.78 is 0. The van der Waals surface area contributed by atoms with Crippen LogP contribution in [0.4, 0.5) is 0 Å². The second-order valence-corrected chi connectivity index (χ2v) is 7.58. The van der Waals surface area contributed by atoms with Gasteiger partial charge in [0, 0.05) is 20.2 Å². The summed E-state index contributed by atoms with van der Waals surface area (Å²) in [6, 6.07) is 10.5. The molecule has 0 spiro atoms. The first-order chi connectivity index (χ1) is 12.5. The van der Waals surface area contributed by atoms with Crippen molar-refractivity contribution in [3.63, 3.8) is 0 Å². The number of aliphatic hydroxyl groups excluding tert-OH is 1. The number of rotatable bonds is 8. The molecule has 0 saturated heterocycles. The van der Waals surface area contributed by atoms with Gasteiger partial charge in [0.15, 0.2) is 0 Å². The zero-order valence-electron chi connectivity index (χ0n) is 16.2. The number of hydrogen-bond acceptors (Lipinski definition) is 2. The van der Waals surface area contributed by atoms with Crippen LogP contribution < -0.4 is 0 Å². The van der Waals surface area contributed by atoms with Crippen molar-refractivity contribution in [1.82, 2.24) is 4.90 Å². The van der Waals surface area contributed by atoms with Gasteiger partial charge in [0.2, 0.25) is 5.91 Å². The second kappa shape index (κ2) is 11.0. The molecule has 0 radical (unpaired) electrons. The molecule has 1 amide bonds. The highest BCUT2D eigenvalue weighted by Crippen LogP contribution is 2.29. The third kappa shape index (κ3) is 7.57. The van der Waals surface area contributed by atoms with Crippen LogP contribution in [-0.4, -0.2) is 36.1 Å². The van der Waals surface area contributed by atoms with Gasteiger partial charge in [-0.25, -0.2) is 0 Å². The fourth-order valence-electron chi connectivity index (χ4n) is 3.44. The Morgan fingerprint density at radius 3 is 2.77 bits per heavy atom. The molecule has 1 aromatic carbocycles. The molecule has 0 aromatic heterocycles. The molecule has 0 bridgehead atoms. The maximum atomic E-state index is 11.8. The normalized spacial score (nSPS) is 20.4. The van der Waals surface area contributed by atoms with Crippen LogP contribution in [0.1, 0.15) is 50.5 Å². The van der Waals surface area contributed by atoms with Crippen LogP contribution in [0, 0.1) is 5.92 Å². The zero-order chi connectivity index (χ0) is 18.8. The third-order valence-electron chi connectivity index (χ3n) is 5.03. The van der Waals surface area contributed by atoms with Crippen molar-refractivity contribution in [2.24, 2.45) is 5.92 Å². The topological polar surface area (TPSA) is 40.5 Å². The van der Waals surface area contributed by atoms with Crippen molar-refractivity contribution >= 4 is 5.91 Å². The van der Waals surface area contributed by atoms with E-state index in [1.54, 1.807) is 25.1 Å². The molecule has 0 unspecified atom stereocenters. The van der Waals surface area contributed by atoms with Crippen molar-refractivity contribution < 1.29 is 9.90 Å².